The molecule has 0 heterocycles. The summed E-state index contributed by atoms with van der Waals surface area (Å²) in [7, 11) is -3.55. The van der Waals surface area contributed by atoms with Crippen molar-refractivity contribution in [2.75, 3.05) is 23.7 Å². The minimum absolute atomic E-state index is 0.218. The number of amides is 1. The van der Waals surface area contributed by atoms with Crippen molar-refractivity contribution in [1.29, 1.82) is 0 Å². The molecular formula is C21H28N2O3S. The molecule has 2 rings (SSSR count). The minimum Gasteiger partial charge on any atom is -0.354 e. The SMILES string of the molecule is CCC(CNC(=O)CN(c1cccc(C)c1)S(C)(=O)=O)Cc1ccccc1. The third-order valence-electron chi connectivity index (χ3n) is 4.51. The van der Waals surface area contributed by atoms with Crippen molar-refractivity contribution in [3.63, 3.8) is 0 Å². The first-order valence-corrected chi connectivity index (χ1v) is 11.0. The van der Waals surface area contributed by atoms with E-state index in [-0.39, 0.29) is 12.5 Å². The predicted molar refractivity (Wildman–Crippen MR) is 110 cm³/mol. The van der Waals surface area contributed by atoms with Crippen molar-refractivity contribution in [1.82, 2.24) is 5.32 Å². The van der Waals surface area contributed by atoms with E-state index in [1.54, 1.807) is 18.2 Å². The van der Waals surface area contributed by atoms with Crippen LogP contribution in [0.5, 0.6) is 0 Å². The average molecular weight is 389 g/mol. The number of nitrogens with zero attached hydrogens (tertiary/aromatic N) is 1. The standard InChI is InChI=1S/C21H28N2O3S/c1-4-18(14-19-10-6-5-7-11-19)15-22-21(24)16-23(27(3,25)26)20-12-8-9-17(2)13-20/h5-13,18H,4,14-16H2,1-3H3,(H,22,24). The zero-order valence-corrected chi connectivity index (χ0v) is 17.0. The van der Waals surface area contributed by atoms with Gasteiger partial charge in [0.25, 0.3) is 0 Å². The second kappa shape index (κ2) is 9.55. The first-order chi connectivity index (χ1) is 12.8. The third-order valence-corrected chi connectivity index (χ3v) is 5.65. The Morgan fingerprint density at radius 2 is 1.81 bits per heavy atom. The monoisotopic (exact) mass is 388 g/mol. The minimum atomic E-state index is -3.55. The Morgan fingerprint density at radius 3 is 2.41 bits per heavy atom. The highest BCUT2D eigenvalue weighted by Crippen LogP contribution is 2.18. The number of nitrogens with one attached hydrogen (secondary N) is 1. The summed E-state index contributed by atoms with van der Waals surface area (Å²) in [5.41, 5.74) is 2.68. The molecule has 2 aromatic rings. The zero-order chi connectivity index (χ0) is 19.9. The topological polar surface area (TPSA) is 66.5 Å². The molecule has 2 aromatic carbocycles. The van der Waals surface area contributed by atoms with Gasteiger partial charge in [-0.1, -0.05) is 55.8 Å². The van der Waals surface area contributed by atoms with Gasteiger partial charge in [-0.25, -0.2) is 8.42 Å². The van der Waals surface area contributed by atoms with E-state index in [1.165, 1.54) is 5.56 Å². The quantitative estimate of drug-likeness (QED) is 0.718. The molecule has 0 aromatic heterocycles. The Balaban J connectivity index is 1.99. The molecule has 0 aliphatic rings. The molecule has 1 atom stereocenters. The van der Waals surface area contributed by atoms with Gasteiger partial charge in [-0.05, 0) is 42.5 Å². The number of sulfonamides is 1. The molecule has 6 heteroatoms. The Kier molecular flexibility index (Phi) is 7.42. The number of carbonyl (C=O) groups is 1. The molecule has 1 amide bonds. The number of rotatable bonds is 9. The van der Waals surface area contributed by atoms with E-state index in [9.17, 15) is 13.2 Å². The van der Waals surface area contributed by atoms with Gasteiger partial charge in [-0.15, -0.1) is 0 Å². The maximum Gasteiger partial charge on any atom is 0.240 e. The molecule has 0 aliphatic heterocycles. The van der Waals surface area contributed by atoms with E-state index in [0.717, 1.165) is 29.0 Å². The Labute approximate surface area is 162 Å². The number of benzene rings is 2. The van der Waals surface area contributed by atoms with Gasteiger partial charge < -0.3 is 5.32 Å². The van der Waals surface area contributed by atoms with Crippen molar-refractivity contribution >= 4 is 21.6 Å². The molecule has 146 valence electrons. The van der Waals surface area contributed by atoms with Crippen LogP contribution in [0.15, 0.2) is 54.6 Å². The highest BCUT2D eigenvalue weighted by atomic mass is 32.2. The molecule has 0 aliphatic carbocycles. The summed E-state index contributed by atoms with van der Waals surface area (Å²) in [6.45, 7) is 4.29. The highest BCUT2D eigenvalue weighted by Gasteiger charge is 2.21. The maximum absolute atomic E-state index is 12.4. The van der Waals surface area contributed by atoms with E-state index in [4.69, 9.17) is 0 Å². The van der Waals surface area contributed by atoms with Crippen LogP contribution in [-0.4, -0.2) is 33.7 Å². The second-order valence-electron chi connectivity index (χ2n) is 6.88. The van der Waals surface area contributed by atoms with Crippen LogP contribution >= 0.6 is 0 Å². The fraction of sp³-hybridized carbons (Fsp3) is 0.381. The Morgan fingerprint density at radius 1 is 1.11 bits per heavy atom. The van der Waals surface area contributed by atoms with Gasteiger partial charge in [-0.3, -0.25) is 9.10 Å². The molecule has 0 spiro atoms. The number of hydrogen-bond acceptors (Lipinski definition) is 3. The van der Waals surface area contributed by atoms with Crippen LogP contribution in [0.4, 0.5) is 5.69 Å². The summed E-state index contributed by atoms with van der Waals surface area (Å²) >= 11 is 0. The van der Waals surface area contributed by atoms with Crippen LogP contribution in [0.2, 0.25) is 0 Å². The Hall–Kier alpha value is -2.34. The van der Waals surface area contributed by atoms with Crippen LogP contribution < -0.4 is 9.62 Å². The third kappa shape index (κ3) is 6.71. The maximum atomic E-state index is 12.4. The number of anilines is 1. The summed E-state index contributed by atoms with van der Waals surface area (Å²) in [6.07, 6.45) is 2.93. The summed E-state index contributed by atoms with van der Waals surface area (Å²) in [5.74, 6) is 0.00967. The zero-order valence-electron chi connectivity index (χ0n) is 16.2. The van der Waals surface area contributed by atoms with Crippen molar-refractivity contribution in [2.24, 2.45) is 5.92 Å². The summed E-state index contributed by atoms with van der Waals surface area (Å²) < 4.78 is 25.5. The number of carbonyl (C=O) groups excluding carboxylic acids is 1. The second-order valence-corrected chi connectivity index (χ2v) is 8.78. The van der Waals surface area contributed by atoms with Crippen molar-refractivity contribution in [2.45, 2.75) is 26.7 Å². The fourth-order valence-corrected chi connectivity index (χ4v) is 3.78. The predicted octanol–water partition coefficient (Wildman–Crippen LogP) is 3.15. The number of hydrogen-bond donors (Lipinski definition) is 1. The largest absolute Gasteiger partial charge is 0.354 e. The van der Waals surface area contributed by atoms with Crippen LogP contribution in [-0.2, 0) is 21.2 Å². The van der Waals surface area contributed by atoms with Gasteiger partial charge in [0, 0.05) is 6.54 Å². The van der Waals surface area contributed by atoms with Crippen molar-refractivity contribution < 1.29 is 13.2 Å². The molecule has 0 saturated carbocycles. The molecule has 0 bridgehead atoms. The van der Waals surface area contributed by atoms with Gasteiger partial charge >= 0.3 is 0 Å². The first kappa shape index (κ1) is 21.0. The number of aryl methyl sites for hydroxylation is 1. The molecule has 27 heavy (non-hydrogen) atoms. The van der Waals surface area contributed by atoms with E-state index >= 15 is 0 Å². The molecular weight excluding hydrogens is 360 g/mol. The molecule has 5 nitrogen and oxygen atoms in total. The molecule has 0 radical (unpaired) electrons. The summed E-state index contributed by atoms with van der Waals surface area (Å²) in [5, 5.41) is 2.90. The summed E-state index contributed by atoms with van der Waals surface area (Å²) in [6, 6.07) is 17.3. The molecule has 1 N–H and O–H groups in total. The lowest BCUT2D eigenvalue weighted by Crippen LogP contribution is -2.41. The fourth-order valence-electron chi connectivity index (χ4n) is 2.94. The summed E-state index contributed by atoms with van der Waals surface area (Å²) in [4.78, 5) is 12.4. The van der Waals surface area contributed by atoms with E-state index < -0.39 is 10.0 Å². The average Bonchev–Trinajstić information content (AvgIpc) is 2.63. The highest BCUT2D eigenvalue weighted by molar-refractivity contribution is 7.92. The first-order valence-electron chi connectivity index (χ1n) is 9.14. The van der Waals surface area contributed by atoms with Gasteiger partial charge in [0.1, 0.15) is 6.54 Å². The lowest BCUT2D eigenvalue weighted by atomic mass is 9.97. The molecule has 0 fully saturated rings. The van der Waals surface area contributed by atoms with Crippen LogP contribution in [0.3, 0.4) is 0 Å². The smallest absolute Gasteiger partial charge is 0.240 e. The van der Waals surface area contributed by atoms with Gasteiger partial charge in [0.2, 0.25) is 15.9 Å². The van der Waals surface area contributed by atoms with Crippen molar-refractivity contribution in [3.8, 4) is 0 Å². The van der Waals surface area contributed by atoms with Crippen molar-refractivity contribution in [3.05, 3.63) is 65.7 Å². The molecule has 1 unspecified atom stereocenters. The Bertz CT molecular complexity index is 851. The lowest BCUT2D eigenvalue weighted by molar-refractivity contribution is -0.119. The normalized spacial score (nSPS) is 12.4. The van der Waals surface area contributed by atoms with Crippen LogP contribution in [0, 0.1) is 12.8 Å². The lowest BCUT2D eigenvalue weighted by Gasteiger charge is -2.23. The van der Waals surface area contributed by atoms with E-state index in [2.05, 4.69) is 24.4 Å². The van der Waals surface area contributed by atoms with Crippen LogP contribution in [0.25, 0.3) is 0 Å². The molecule has 0 saturated heterocycles. The van der Waals surface area contributed by atoms with E-state index in [0.29, 0.717) is 18.2 Å². The van der Waals surface area contributed by atoms with Gasteiger partial charge in [0.15, 0.2) is 0 Å². The van der Waals surface area contributed by atoms with E-state index in [1.807, 2.05) is 31.2 Å². The van der Waals surface area contributed by atoms with Crippen LogP contribution in [0.1, 0.15) is 24.5 Å². The van der Waals surface area contributed by atoms with Gasteiger partial charge in [0.05, 0.1) is 11.9 Å². The van der Waals surface area contributed by atoms with Gasteiger partial charge in [-0.2, -0.15) is 0 Å².